The fourth-order valence-corrected chi connectivity index (χ4v) is 5.87. The predicted octanol–water partition coefficient (Wildman–Crippen LogP) is 4.95. The van der Waals surface area contributed by atoms with Gasteiger partial charge in [0.2, 0.25) is 0 Å². The van der Waals surface area contributed by atoms with E-state index in [1.807, 2.05) is 7.11 Å². The van der Waals surface area contributed by atoms with Crippen LogP contribution in [-0.4, -0.2) is 62.8 Å². The smallest absolute Gasteiger partial charge is 0.305 e. The number of allylic oxidation sites excluding steroid dienone is 1. The van der Waals surface area contributed by atoms with Crippen LogP contribution in [-0.2, 0) is 23.7 Å². The Morgan fingerprint density at radius 1 is 1.09 bits per heavy atom. The maximum absolute atomic E-state index is 11.1. The lowest BCUT2D eigenvalue weighted by Crippen LogP contribution is -2.58. The molecule has 1 spiro atoms. The molecule has 1 saturated carbocycles. The Hall–Kier alpha value is -0.950. The van der Waals surface area contributed by atoms with Gasteiger partial charge in [-0.2, -0.15) is 0 Å². The van der Waals surface area contributed by atoms with Crippen molar-refractivity contribution >= 4 is 5.97 Å². The first-order chi connectivity index (χ1) is 15.9. The molecule has 2 heterocycles. The number of methoxy groups -OCH3 is 2. The number of hydrogen-bond donors (Lipinski definition) is 1. The highest BCUT2D eigenvalue weighted by Crippen LogP contribution is 2.59. The van der Waals surface area contributed by atoms with Crippen LogP contribution in [0.2, 0.25) is 0 Å². The van der Waals surface area contributed by atoms with E-state index in [1.54, 1.807) is 0 Å². The van der Waals surface area contributed by atoms with Crippen molar-refractivity contribution < 1.29 is 23.7 Å². The molecule has 6 nitrogen and oxygen atoms in total. The van der Waals surface area contributed by atoms with E-state index in [-0.39, 0.29) is 35.3 Å². The number of ether oxygens (including phenoxy) is 4. The van der Waals surface area contributed by atoms with Gasteiger partial charge in [0.25, 0.3) is 0 Å². The van der Waals surface area contributed by atoms with E-state index in [0.29, 0.717) is 12.5 Å². The van der Waals surface area contributed by atoms with Gasteiger partial charge in [-0.25, -0.2) is 0 Å². The van der Waals surface area contributed by atoms with Gasteiger partial charge in [0.1, 0.15) is 5.60 Å². The number of esters is 1. The van der Waals surface area contributed by atoms with Gasteiger partial charge >= 0.3 is 5.97 Å². The highest BCUT2D eigenvalue weighted by Gasteiger charge is 2.71. The zero-order chi connectivity index (χ0) is 23.9. The largest absolute Gasteiger partial charge is 0.469 e. The summed E-state index contributed by atoms with van der Waals surface area (Å²) in [5.74, 6) is 0.187. The molecule has 0 aromatic rings. The van der Waals surface area contributed by atoms with Crippen LogP contribution < -0.4 is 5.32 Å². The molecule has 1 aliphatic carbocycles. The number of unbranched alkanes of at least 4 members (excludes halogenated alkanes) is 6. The normalized spacial score (nSPS) is 34.8. The standard InChI is InChI=1S/C27H47NO5/c1-20(2)14-15-22-26(3,33-22)25-24(31-5)21(16-17-27(25)19-32-27)28-18-12-10-8-6-7-9-11-13-23(29)30-4/h14,21-22,24-25,28H,6-13,15-19H2,1-5H3/t21-,22-,24-,25-,26+,27+/m1/s1. The van der Waals surface area contributed by atoms with Gasteiger partial charge in [-0.05, 0) is 59.4 Å². The van der Waals surface area contributed by atoms with Crippen molar-refractivity contribution in [3.05, 3.63) is 11.6 Å². The van der Waals surface area contributed by atoms with Gasteiger partial charge in [0, 0.05) is 25.5 Å². The quantitative estimate of drug-likeness (QED) is 0.160. The van der Waals surface area contributed by atoms with Crippen molar-refractivity contribution in [2.75, 3.05) is 27.4 Å². The number of epoxide rings is 2. The first-order valence-corrected chi connectivity index (χ1v) is 13.1. The predicted molar refractivity (Wildman–Crippen MR) is 130 cm³/mol. The molecule has 3 aliphatic rings. The lowest BCUT2D eigenvalue weighted by Gasteiger charge is -2.43. The van der Waals surface area contributed by atoms with Crippen molar-refractivity contribution in [2.24, 2.45) is 5.92 Å². The third-order valence-corrected chi connectivity index (χ3v) is 7.99. The summed E-state index contributed by atoms with van der Waals surface area (Å²) in [6.07, 6.45) is 14.6. The molecule has 0 unspecified atom stereocenters. The van der Waals surface area contributed by atoms with E-state index in [9.17, 15) is 4.79 Å². The molecule has 3 fully saturated rings. The molecular formula is C27H47NO5. The van der Waals surface area contributed by atoms with Crippen LogP contribution in [0, 0.1) is 5.92 Å². The number of nitrogens with one attached hydrogen (secondary N) is 1. The second kappa shape index (κ2) is 12.1. The van der Waals surface area contributed by atoms with Crippen molar-refractivity contribution in [3.63, 3.8) is 0 Å². The molecule has 0 aromatic heterocycles. The fraction of sp³-hybridized carbons (Fsp3) is 0.889. The van der Waals surface area contributed by atoms with Crippen molar-refractivity contribution in [1.82, 2.24) is 5.32 Å². The third-order valence-electron chi connectivity index (χ3n) is 7.99. The summed E-state index contributed by atoms with van der Waals surface area (Å²) in [4.78, 5) is 11.1. The number of carbonyl (C=O) groups excluding carboxylic acids is 1. The van der Waals surface area contributed by atoms with E-state index in [1.165, 1.54) is 44.8 Å². The summed E-state index contributed by atoms with van der Waals surface area (Å²) in [5.41, 5.74) is 1.15. The fourth-order valence-electron chi connectivity index (χ4n) is 5.87. The van der Waals surface area contributed by atoms with Crippen LogP contribution in [0.5, 0.6) is 0 Å². The molecule has 6 heteroatoms. The van der Waals surface area contributed by atoms with Crippen LogP contribution in [0.1, 0.15) is 91.4 Å². The molecule has 3 rings (SSSR count). The Morgan fingerprint density at radius 2 is 1.76 bits per heavy atom. The molecule has 6 atom stereocenters. The van der Waals surface area contributed by atoms with Crippen molar-refractivity contribution in [3.8, 4) is 0 Å². The summed E-state index contributed by atoms with van der Waals surface area (Å²) in [7, 11) is 3.31. The average Bonchev–Trinajstić information content (AvgIpc) is 3.71. The van der Waals surface area contributed by atoms with Gasteiger partial charge in [-0.1, -0.05) is 43.8 Å². The van der Waals surface area contributed by atoms with Crippen LogP contribution in [0.15, 0.2) is 11.6 Å². The first-order valence-electron chi connectivity index (χ1n) is 13.1. The summed E-state index contributed by atoms with van der Waals surface area (Å²) in [6.45, 7) is 8.44. The molecule has 1 N–H and O–H groups in total. The first kappa shape index (κ1) is 26.7. The minimum atomic E-state index is -0.155. The third kappa shape index (κ3) is 7.03. The summed E-state index contributed by atoms with van der Waals surface area (Å²) in [6, 6.07) is 0.360. The van der Waals surface area contributed by atoms with E-state index < -0.39 is 0 Å². The average molecular weight is 466 g/mol. The second-order valence-electron chi connectivity index (χ2n) is 10.7. The Bertz CT molecular complexity index is 657. The Kier molecular flexibility index (Phi) is 9.81. The van der Waals surface area contributed by atoms with Crippen LogP contribution in [0.25, 0.3) is 0 Å². The lowest BCUT2D eigenvalue weighted by atomic mass is 9.67. The lowest BCUT2D eigenvalue weighted by molar-refractivity contribution is -0.140. The number of rotatable bonds is 15. The summed E-state index contributed by atoms with van der Waals surface area (Å²) in [5, 5.41) is 3.81. The van der Waals surface area contributed by atoms with Gasteiger partial charge in [0.05, 0.1) is 31.5 Å². The maximum atomic E-state index is 11.1. The van der Waals surface area contributed by atoms with Crippen molar-refractivity contribution in [2.45, 2.75) is 121 Å². The van der Waals surface area contributed by atoms with E-state index in [0.717, 1.165) is 45.3 Å². The molecule has 2 saturated heterocycles. The summed E-state index contributed by atoms with van der Waals surface area (Å²) >= 11 is 0. The molecule has 2 aliphatic heterocycles. The molecule has 33 heavy (non-hydrogen) atoms. The van der Waals surface area contributed by atoms with Crippen LogP contribution in [0.3, 0.4) is 0 Å². The second-order valence-corrected chi connectivity index (χ2v) is 10.7. The minimum absolute atomic E-state index is 0.0405. The van der Waals surface area contributed by atoms with Gasteiger partial charge < -0.3 is 24.3 Å². The number of carbonyl (C=O) groups is 1. The topological polar surface area (TPSA) is 72.6 Å². The molecule has 0 radical (unpaired) electrons. The SMILES string of the molecule is COC(=O)CCCCCCCCCN[C@@H]1CC[C@]2(CO2)[C@@H]([C@@]2(C)O[C@@H]2CC=C(C)C)[C@@H]1OC. The minimum Gasteiger partial charge on any atom is -0.469 e. The highest BCUT2D eigenvalue weighted by atomic mass is 16.6. The zero-order valence-electron chi connectivity index (χ0n) is 21.6. The van der Waals surface area contributed by atoms with Gasteiger partial charge in [-0.3, -0.25) is 4.79 Å². The Balaban J connectivity index is 1.37. The zero-order valence-corrected chi connectivity index (χ0v) is 21.6. The van der Waals surface area contributed by atoms with Crippen molar-refractivity contribution in [1.29, 1.82) is 0 Å². The van der Waals surface area contributed by atoms with E-state index in [2.05, 4.69) is 36.9 Å². The van der Waals surface area contributed by atoms with Gasteiger partial charge in [-0.15, -0.1) is 0 Å². The molecule has 0 bridgehead atoms. The molecule has 0 amide bonds. The Morgan fingerprint density at radius 3 is 2.36 bits per heavy atom. The Labute approximate surface area is 201 Å². The molecule has 0 aromatic carbocycles. The highest BCUT2D eigenvalue weighted by molar-refractivity contribution is 5.68. The molecule has 190 valence electrons. The maximum Gasteiger partial charge on any atom is 0.305 e. The number of hydrogen-bond acceptors (Lipinski definition) is 6. The summed E-state index contributed by atoms with van der Waals surface area (Å²) < 4.78 is 23.2. The van der Waals surface area contributed by atoms with Gasteiger partial charge in [0.15, 0.2) is 0 Å². The van der Waals surface area contributed by atoms with E-state index >= 15 is 0 Å². The van der Waals surface area contributed by atoms with Crippen LogP contribution in [0.4, 0.5) is 0 Å². The van der Waals surface area contributed by atoms with Crippen LogP contribution >= 0.6 is 0 Å². The monoisotopic (exact) mass is 465 g/mol. The van der Waals surface area contributed by atoms with E-state index in [4.69, 9.17) is 14.2 Å². The molecular weight excluding hydrogens is 418 g/mol.